The quantitative estimate of drug-likeness (QED) is 0.737. The molecule has 2 aromatic heterocycles. The van der Waals surface area contributed by atoms with E-state index in [1.54, 1.807) is 12.1 Å². The maximum atomic E-state index is 12.5. The van der Waals surface area contributed by atoms with Crippen LogP contribution in [0, 0.1) is 0 Å². The van der Waals surface area contributed by atoms with Gasteiger partial charge in [0.1, 0.15) is 5.56 Å². The Hall–Kier alpha value is -2.93. The Kier molecular flexibility index (Phi) is 4.95. The molecular formula is C18H17N3O3S. The van der Waals surface area contributed by atoms with E-state index < -0.39 is 17.2 Å². The molecule has 1 amide bonds. The predicted molar refractivity (Wildman–Crippen MR) is 98.5 cm³/mol. The van der Waals surface area contributed by atoms with Gasteiger partial charge in [-0.05, 0) is 35.6 Å². The minimum absolute atomic E-state index is 0.101. The summed E-state index contributed by atoms with van der Waals surface area (Å²) in [6.45, 7) is 2.18. The molecule has 6 nitrogen and oxygen atoms in total. The number of amides is 1. The number of anilines is 1. The van der Waals surface area contributed by atoms with Gasteiger partial charge in [-0.25, -0.2) is 4.79 Å². The molecule has 0 unspecified atom stereocenters. The Morgan fingerprint density at radius 1 is 1.20 bits per heavy atom. The molecule has 0 atom stereocenters. The number of nitrogens with zero attached hydrogens (tertiary/aromatic N) is 1. The normalized spacial score (nSPS) is 10.6. The number of carbonyl (C=O) groups is 1. The van der Waals surface area contributed by atoms with Crippen molar-refractivity contribution in [2.75, 3.05) is 5.32 Å². The van der Waals surface area contributed by atoms with Crippen LogP contribution in [-0.2, 0) is 13.0 Å². The lowest BCUT2D eigenvalue weighted by Crippen LogP contribution is -2.39. The number of nitrogens with one attached hydrogen (secondary N) is 2. The van der Waals surface area contributed by atoms with Gasteiger partial charge in [0.15, 0.2) is 0 Å². The maximum absolute atomic E-state index is 12.5. The standard InChI is InChI=1S/C18H17N3O3S/c1-2-12-5-7-13(8-6-12)20-16(22)15-10-19-18(24)21(17(15)23)11-14-4-3-9-25-14/h3-10H,2,11H2,1H3,(H,19,24)(H,20,22). The third-order valence-electron chi connectivity index (χ3n) is 3.82. The number of rotatable bonds is 5. The minimum Gasteiger partial charge on any atom is -0.322 e. The fraction of sp³-hybridized carbons (Fsp3) is 0.167. The van der Waals surface area contributed by atoms with E-state index in [0.29, 0.717) is 5.69 Å². The van der Waals surface area contributed by atoms with E-state index in [9.17, 15) is 14.4 Å². The summed E-state index contributed by atoms with van der Waals surface area (Å²) in [6.07, 6.45) is 2.06. The summed E-state index contributed by atoms with van der Waals surface area (Å²) in [5.74, 6) is -0.551. The first-order chi connectivity index (χ1) is 12.1. The molecule has 0 aliphatic rings. The average molecular weight is 355 g/mol. The lowest BCUT2D eigenvalue weighted by molar-refractivity contribution is 0.102. The number of aromatic nitrogens is 2. The highest BCUT2D eigenvalue weighted by Crippen LogP contribution is 2.11. The van der Waals surface area contributed by atoms with E-state index in [0.717, 1.165) is 27.6 Å². The van der Waals surface area contributed by atoms with Crippen LogP contribution in [0.15, 0.2) is 57.6 Å². The zero-order valence-electron chi connectivity index (χ0n) is 13.6. The van der Waals surface area contributed by atoms with E-state index in [2.05, 4.69) is 10.3 Å². The van der Waals surface area contributed by atoms with E-state index in [1.807, 2.05) is 36.6 Å². The van der Waals surface area contributed by atoms with E-state index in [-0.39, 0.29) is 12.1 Å². The molecule has 25 heavy (non-hydrogen) atoms. The van der Waals surface area contributed by atoms with Gasteiger partial charge in [-0.2, -0.15) is 0 Å². The van der Waals surface area contributed by atoms with Gasteiger partial charge in [-0.3, -0.25) is 14.2 Å². The molecule has 0 bridgehead atoms. The van der Waals surface area contributed by atoms with Crippen LogP contribution in [0.5, 0.6) is 0 Å². The zero-order valence-corrected chi connectivity index (χ0v) is 14.4. The minimum atomic E-state index is -0.611. The van der Waals surface area contributed by atoms with Crippen molar-refractivity contribution in [1.29, 1.82) is 0 Å². The molecule has 0 saturated heterocycles. The van der Waals surface area contributed by atoms with Crippen molar-refractivity contribution >= 4 is 22.9 Å². The van der Waals surface area contributed by atoms with E-state index in [1.165, 1.54) is 11.3 Å². The first-order valence-electron chi connectivity index (χ1n) is 7.83. The van der Waals surface area contributed by atoms with Crippen LogP contribution < -0.4 is 16.6 Å². The molecule has 2 N–H and O–H groups in total. The number of H-pyrrole nitrogens is 1. The van der Waals surface area contributed by atoms with Crippen molar-refractivity contribution in [2.24, 2.45) is 0 Å². The molecule has 0 spiro atoms. The van der Waals surface area contributed by atoms with Gasteiger partial charge in [0, 0.05) is 16.8 Å². The van der Waals surface area contributed by atoms with Crippen molar-refractivity contribution in [3.05, 3.63) is 84.8 Å². The van der Waals surface area contributed by atoms with Crippen molar-refractivity contribution in [2.45, 2.75) is 19.9 Å². The number of benzene rings is 1. The molecule has 3 rings (SSSR count). The largest absolute Gasteiger partial charge is 0.328 e. The number of aryl methyl sites for hydroxylation is 1. The number of aromatic amines is 1. The zero-order chi connectivity index (χ0) is 17.8. The second-order valence-electron chi connectivity index (χ2n) is 5.48. The van der Waals surface area contributed by atoms with Crippen LogP contribution in [0.25, 0.3) is 0 Å². The third kappa shape index (κ3) is 3.77. The molecule has 7 heteroatoms. The van der Waals surface area contributed by atoms with Gasteiger partial charge in [0.2, 0.25) is 0 Å². The summed E-state index contributed by atoms with van der Waals surface area (Å²) in [6, 6.07) is 11.1. The van der Waals surface area contributed by atoms with Crippen LogP contribution in [-0.4, -0.2) is 15.5 Å². The van der Waals surface area contributed by atoms with E-state index in [4.69, 9.17) is 0 Å². The smallest absolute Gasteiger partial charge is 0.322 e. The monoisotopic (exact) mass is 355 g/mol. The summed E-state index contributed by atoms with van der Waals surface area (Å²) in [5, 5.41) is 4.55. The van der Waals surface area contributed by atoms with Crippen molar-refractivity contribution < 1.29 is 4.79 Å². The lowest BCUT2D eigenvalue weighted by atomic mass is 10.1. The van der Waals surface area contributed by atoms with Crippen LogP contribution in [0.3, 0.4) is 0 Å². The summed E-state index contributed by atoms with van der Waals surface area (Å²) >= 11 is 1.44. The average Bonchev–Trinajstić information content (AvgIpc) is 3.12. The SMILES string of the molecule is CCc1ccc(NC(=O)c2c[nH]c(=O)n(Cc3cccs3)c2=O)cc1. The van der Waals surface area contributed by atoms with Crippen LogP contribution in [0.2, 0.25) is 0 Å². The van der Waals surface area contributed by atoms with Gasteiger partial charge in [-0.1, -0.05) is 25.1 Å². The molecule has 0 saturated carbocycles. The van der Waals surface area contributed by atoms with Gasteiger partial charge in [0.05, 0.1) is 6.54 Å². The molecule has 128 valence electrons. The molecular weight excluding hydrogens is 338 g/mol. The molecule has 0 aliphatic heterocycles. The topological polar surface area (TPSA) is 84.0 Å². The fourth-order valence-electron chi connectivity index (χ4n) is 2.40. The van der Waals surface area contributed by atoms with Crippen LogP contribution in [0.4, 0.5) is 5.69 Å². The van der Waals surface area contributed by atoms with Crippen LogP contribution >= 0.6 is 11.3 Å². The Bertz CT molecular complexity index is 986. The Labute approximate surface area is 147 Å². The Morgan fingerprint density at radius 3 is 2.60 bits per heavy atom. The molecule has 0 aliphatic carbocycles. The van der Waals surface area contributed by atoms with Crippen molar-refractivity contribution in [3.8, 4) is 0 Å². The number of carbonyl (C=O) groups excluding carboxylic acids is 1. The highest BCUT2D eigenvalue weighted by molar-refractivity contribution is 7.09. The number of thiophene rings is 1. The summed E-state index contributed by atoms with van der Waals surface area (Å²) in [5.41, 5.74) is 0.496. The van der Waals surface area contributed by atoms with Crippen LogP contribution in [0.1, 0.15) is 27.7 Å². The second kappa shape index (κ2) is 7.31. The second-order valence-corrected chi connectivity index (χ2v) is 6.52. The summed E-state index contributed by atoms with van der Waals surface area (Å²) < 4.78 is 1.03. The predicted octanol–water partition coefficient (Wildman–Crippen LogP) is 2.46. The molecule has 0 radical (unpaired) electrons. The van der Waals surface area contributed by atoms with Gasteiger partial charge in [0.25, 0.3) is 11.5 Å². The maximum Gasteiger partial charge on any atom is 0.328 e. The molecule has 3 aromatic rings. The van der Waals surface area contributed by atoms with Gasteiger partial charge in [-0.15, -0.1) is 11.3 Å². The Morgan fingerprint density at radius 2 is 1.96 bits per heavy atom. The highest BCUT2D eigenvalue weighted by atomic mass is 32.1. The fourth-order valence-corrected chi connectivity index (χ4v) is 3.09. The molecule has 1 aromatic carbocycles. The summed E-state index contributed by atoms with van der Waals surface area (Å²) in [4.78, 5) is 40.2. The number of hydrogen-bond donors (Lipinski definition) is 2. The summed E-state index contributed by atoms with van der Waals surface area (Å²) in [7, 11) is 0. The first kappa shape index (κ1) is 16.9. The van der Waals surface area contributed by atoms with Crippen molar-refractivity contribution in [3.63, 3.8) is 0 Å². The lowest BCUT2D eigenvalue weighted by Gasteiger charge is -2.08. The van der Waals surface area contributed by atoms with Crippen molar-refractivity contribution in [1.82, 2.24) is 9.55 Å². The highest BCUT2D eigenvalue weighted by Gasteiger charge is 2.15. The van der Waals surface area contributed by atoms with Gasteiger partial charge < -0.3 is 10.3 Å². The number of hydrogen-bond acceptors (Lipinski definition) is 4. The third-order valence-corrected chi connectivity index (χ3v) is 4.68. The van der Waals surface area contributed by atoms with Gasteiger partial charge >= 0.3 is 5.69 Å². The Balaban J connectivity index is 1.87. The molecule has 0 fully saturated rings. The first-order valence-corrected chi connectivity index (χ1v) is 8.71. The molecule has 2 heterocycles. The van der Waals surface area contributed by atoms with E-state index >= 15 is 0 Å².